The number of benzene rings is 17. The summed E-state index contributed by atoms with van der Waals surface area (Å²) in [5.74, 6) is 0. The van der Waals surface area contributed by atoms with Crippen LogP contribution < -0.4 is 0 Å². The molecule has 0 unspecified atom stereocenters. The quantitative estimate of drug-likeness (QED) is 0.152. The van der Waals surface area contributed by atoms with Gasteiger partial charge in [-0.1, -0.05) is 267 Å². The van der Waals surface area contributed by atoms with Crippen LogP contribution in [0.2, 0.25) is 0 Å². The van der Waals surface area contributed by atoms with Crippen molar-refractivity contribution < 1.29 is 45.1 Å². The van der Waals surface area contributed by atoms with Crippen LogP contribution in [0.4, 0.5) is 0 Å². The summed E-state index contributed by atoms with van der Waals surface area (Å²) in [4.78, 5) is 0. The van der Waals surface area contributed by atoms with Crippen molar-refractivity contribution in [2.75, 3.05) is 0 Å². The average Bonchev–Trinajstić information content (AvgIpc) is 1.55. The van der Waals surface area contributed by atoms with Gasteiger partial charge in [-0.15, -0.1) is 11.3 Å². The lowest BCUT2D eigenvalue weighted by Gasteiger charge is -2.10. The van der Waals surface area contributed by atoms with Gasteiger partial charge in [-0.25, -0.2) is 0 Å². The molecule has 0 amide bonds. The summed E-state index contributed by atoms with van der Waals surface area (Å²) in [5.41, 5.74) is 18.5. The zero-order chi connectivity index (χ0) is 94.2. The van der Waals surface area contributed by atoms with E-state index in [4.69, 9.17) is 45.1 Å². The maximum atomic E-state index is 8.79. The predicted molar refractivity (Wildman–Crippen MR) is 488 cm³/mol. The SMILES string of the molecule is [2H]c1c([2H])c([2H])c(-c2cccc3c2oc2cc(-c4cccc5c4oc4c6ccccc6n(-c6c([2H])c([2H])c([2H])c([2H])c6[2H])c54)ccc23)c([2H])c1[2H].[2H]c1c([2H])c([2H])c(-n2c3ccccc3c3ccc(-c4cccc5c4sc4c6ccccc6n(-c6ccccc6)c54)cc32)c([2H])c1[2H].[2H]c1c([2H])c([2H])c(-n2c3ccccc3c3oc4c(-c5ccc6c(c5)oc5ccccc56)cccc4c32)c([2H])c1[2H]. The number of fused-ring (bicyclic) bond motifs is 24. The van der Waals surface area contributed by atoms with Gasteiger partial charge in [-0.05, 0) is 161 Å². The number of thiophene rings is 1. The van der Waals surface area contributed by atoms with Gasteiger partial charge in [0.15, 0.2) is 11.2 Å². The molecule has 0 spiro atoms. The molecule has 0 radical (unpaired) electrons. The van der Waals surface area contributed by atoms with Crippen molar-refractivity contribution in [3.8, 4) is 67.3 Å². The molecule has 26 aromatic rings. The van der Waals surface area contributed by atoms with E-state index in [1.54, 1.807) is 32.6 Å². The summed E-state index contributed by atoms with van der Waals surface area (Å²) >= 11 is 1.79. The minimum atomic E-state index is -0.470. The van der Waals surface area contributed by atoms with Crippen molar-refractivity contribution in [3.05, 3.63) is 400 Å². The smallest absolute Gasteiger partial charge is 0.161 e. The molecular formula is C108H66N4O4S. The fourth-order valence-corrected chi connectivity index (χ4v) is 18.7. The minimum absolute atomic E-state index is 0.0268. The fourth-order valence-electron chi connectivity index (χ4n) is 17.4. The molecule has 0 fully saturated rings. The van der Waals surface area contributed by atoms with E-state index in [2.05, 4.69) is 95.6 Å². The van der Waals surface area contributed by atoms with Crippen LogP contribution in [0.1, 0.15) is 27.4 Å². The van der Waals surface area contributed by atoms with E-state index < -0.39 is 48.3 Å². The highest BCUT2D eigenvalue weighted by molar-refractivity contribution is 7.27. The Hall–Kier alpha value is -15.4. The zero-order valence-corrected chi connectivity index (χ0v) is 62.2. The average molecular weight is 1540 g/mol. The monoisotopic (exact) mass is 1530 g/mol. The zero-order valence-electron chi connectivity index (χ0n) is 81.4. The van der Waals surface area contributed by atoms with Gasteiger partial charge in [-0.2, -0.15) is 0 Å². The summed E-state index contributed by atoms with van der Waals surface area (Å²) in [6.07, 6.45) is 0. The minimum Gasteiger partial charge on any atom is -0.456 e. The van der Waals surface area contributed by atoms with Gasteiger partial charge < -0.3 is 35.9 Å². The van der Waals surface area contributed by atoms with Crippen LogP contribution in [0.5, 0.6) is 0 Å². The van der Waals surface area contributed by atoms with Crippen molar-refractivity contribution in [1.82, 2.24) is 18.3 Å². The third kappa shape index (κ3) is 10.4. The van der Waals surface area contributed by atoms with Crippen LogP contribution in [-0.2, 0) is 0 Å². The Bertz CT molecular complexity index is 9690. The number of nitrogens with zero attached hydrogens (tertiary/aromatic N) is 4. The van der Waals surface area contributed by atoms with E-state index in [0.717, 1.165) is 110 Å². The molecule has 0 aliphatic heterocycles. The molecule has 9 aromatic heterocycles. The number of aromatic nitrogens is 4. The van der Waals surface area contributed by atoms with Crippen LogP contribution >= 0.6 is 11.3 Å². The summed E-state index contributed by atoms with van der Waals surface area (Å²) in [7, 11) is 0. The number of rotatable bonds is 8. The van der Waals surface area contributed by atoms with Gasteiger partial charge in [-0.3, -0.25) is 0 Å². The van der Waals surface area contributed by atoms with Gasteiger partial charge in [0, 0.05) is 109 Å². The maximum absolute atomic E-state index is 8.79. The first kappa shape index (κ1) is 49.2. The summed E-state index contributed by atoms with van der Waals surface area (Å²) in [6.45, 7) is 0. The van der Waals surface area contributed by atoms with E-state index in [0.29, 0.717) is 66.5 Å². The van der Waals surface area contributed by atoms with Crippen molar-refractivity contribution >= 4 is 174 Å². The Morgan fingerprint density at radius 2 is 0.590 bits per heavy atom. The lowest BCUT2D eigenvalue weighted by atomic mass is 10.00. The maximum Gasteiger partial charge on any atom is 0.161 e. The summed E-state index contributed by atoms with van der Waals surface area (Å²) < 4.78 is 204. The first-order valence-corrected chi connectivity index (χ1v) is 38.8. The van der Waals surface area contributed by atoms with Crippen LogP contribution in [0, 0.1) is 0 Å². The van der Waals surface area contributed by atoms with Crippen LogP contribution in [-0.4, -0.2) is 18.3 Å². The number of para-hydroxylation sites is 12. The molecule has 0 N–H and O–H groups in total. The normalized spacial score (nSPS) is 14.3. The Labute approximate surface area is 701 Å². The molecule has 0 aliphatic rings. The molecule has 26 rings (SSSR count). The van der Waals surface area contributed by atoms with Crippen LogP contribution in [0.3, 0.4) is 0 Å². The van der Waals surface area contributed by atoms with E-state index in [1.807, 2.05) is 180 Å². The summed E-state index contributed by atoms with van der Waals surface area (Å²) in [6, 6.07) is 84.0. The number of hydrogen-bond donors (Lipinski definition) is 0. The molecule has 17 aromatic carbocycles. The lowest BCUT2D eigenvalue weighted by molar-refractivity contribution is 0.668. The molecule has 0 bridgehead atoms. The fraction of sp³-hybridized carbons (Fsp3) is 0. The van der Waals surface area contributed by atoms with E-state index in [-0.39, 0.29) is 95.1 Å². The molecule has 0 atom stereocenters. The van der Waals surface area contributed by atoms with E-state index in [1.165, 1.54) is 31.2 Å². The second kappa shape index (κ2) is 26.6. The van der Waals surface area contributed by atoms with Gasteiger partial charge in [0.1, 0.15) is 44.5 Å². The first-order chi connectivity index (χ1) is 66.4. The van der Waals surface area contributed by atoms with Gasteiger partial charge in [0.2, 0.25) is 0 Å². The third-order valence-electron chi connectivity index (χ3n) is 22.3. The number of furan rings is 4. The molecule has 9 heteroatoms. The molecule has 0 aliphatic carbocycles. The topological polar surface area (TPSA) is 72.3 Å². The van der Waals surface area contributed by atoms with Crippen molar-refractivity contribution in [3.63, 3.8) is 0 Å². The second-order valence-corrected chi connectivity index (χ2v) is 29.6. The molecule has 9 heterocycles. The van der Waals surface area contributed by atoms with E-state index in [9.17, 15) is 0 Å². The highest BCUT2D eigenvalue weighted by Crippen LogP contribution is 2.50. The van der Waals surface area contributed by atoms with Crippen molar-refractivity contribution in [2.24, 2.45) is 0 Å². The predicted octanol–water partition coefficient (Wildman–Crippen LogP) is 30.6. The standard InChI is InChI=1S/C38H24N2S.C38H23NO2.C32H19NO2/c1-3-12-26(13-4-1)39-33-20-9-7-16-29(33)30-23-22-25(24-35(30)39)28-18-11-19-32-36-38(41-37(28)32)31-17-8-10-21-34(31)40(36)27-14-5-2-6-15-27;1-3-11-24(12-4-1)27-16-9-18-30-29-22-21-25(23-34(29)40-36(27)30)28-17-10-19-32-35-38(41-37(28)32)31-15-7-8-20-33(31)39(35)26-13-5-2-6-14-26;1-2-9-21(10-3-1)33-27-15-6-4-12-25(27)32-30(33)26-14-8-13-22(31(26)35-32)20-17-18-24-23-11-5-7-16-28(23)34-29(24)19-20/h1-24H;1-23H;1-19H/i1D,3D,4D,12D,13D;1D,2D,3D,4D,5D,6D,11D,12D,13D,14D;1D,2D,3D,9D,10D. The van der Waals surface area contributed by atoms with Gasteiger partial charge in [0.05, 0.1) is 65.2 Å². The van der Waals surface area contributed by atoms with Crippen molar-refractivity contribution in [2.45, 2.75) is 0 Å². The highest BCUT2D eigenvalue weighted by atomic mass is 32.1. The van der Waals surface area contributed by atoms with Crippen LogP contribution in [0.15, 0.2) is 418 Å². The first-order valence-electron chi connectivity index (χ1n) is 48.0. The Morgan fingerprint density at radius 3 is 1.17 bits per heavy atom. The van der Waals surface area contributed by atoms with Gasteiger partial charge in [0.25, 0.3) is 0 Å². The van der Waals surface area contributed by atoms with Crippen LogP contribution in [0.25, 0.3) is 230 Å². The molecular weight excluding hydrogens is 1450 g/mol. The largest absolute Gasteiger partial charge is 0.456 e. The number of hydrogen-bond acceptors (Lipinski definition) is 5. The summed E-state index contributed by atoms with van der Waals surface area (Å²) in [5, 5.41) is 10.9. The highest BCUT2D eigenvalue weighted by Gasteiger charge is 2.26. The Morgan fingerprint density at radius 1 is 0.205 bits per heavy atom. The Balaban J connectivity index is 0.000000113. The van der Waals surface area contributed by atoms with Gasteiger partial charge >= 0.3 is 0 Å². The molecule has 117 heavy (non-hydrogen) atoms. The third-order valence-corrected chi connectivity index (χ3v) is 23.6. The Kier molecular flexibility index (Phi) is 11.2. The van der Waals surface area contributed by atoms with Crippen molar-refractivity contribution in [1.29, 1.82) is 0 Å². The molecule has 8 nitrogen and oxygen atoms in total. The lowest BCUT2D eigenvalue weighted by Crippen LogP contribution is -1.93. The molecule has 0 saturated heterocycles. The molecule has 548 valence electrons. The van der Waals surface area contributed by atoms with E-state index >= 15 is 0 Å². The molecule has 0 saturated carbocycles. The second-order valence-electron chi connectivity index (χ2n) is 28.6.